The van der Waals surface area contributed by atoms with Gasteiger partial charge in [-0.3, -0.25) is 9.89 Å². The van der Waals surface area contributed by atoms with E-state index in [0.29, 0.717) is 10.7 Å². The molecule has 2 heterocycles. The molecule has 0 bridgehead atoms. The minimum absolute atomic E-state index is 0.0846. The maximum Gasteiger partial charge on any atom is 0.272 e. The molecule has 0 fully saturated rings. The number of aromatic nitrogens is 3. The van der Waals surface area contributed by atoms with Crippen LogP contribution in [0.5, 0.6) is 0 Å². The van der Waals surface area contributed by atoms with Gasteiger partial charge in [-0.15, -0.1) is 0 Å². The Morgan fingerprint density at radius 3 is 2.70 bits per heavy atom. The van der Waals surface area contributed by atoms with Crippen LogP contribution in [0.2, 0.25) is 5.02 Å². The van der Waals surface area contributed by atoms with Gasteiger partial charge in [-0.05, 0) is 24.1 Å². The lowest BCUT2D eigenvalue weighted by Crippen LogP contribution is -2.15. The zero-order chi connectivity index (χ0) is 14.1. The van der Waals surface area contributed by atoms with Gasteiger partial charge in [0.2, 0.25) is 0 Å². The quantitative estimate of drug-likeness (QED) is 0.803. The Balaban J connectivity index is 2.12. The molecule has 0 aliphatic rings. The Kier molecular flexibility index (Phi) is 3.32. The second kappa shape index (κ2) is 5.13. The number of nitrogens with one attached hydrogen (secondary N) is 1. The molecule has 5 heteroatoms. The number of nitrogens with zero attached hydrogens (tertiary/aromatic N) is 2. The highest BCUT2D eigenvalue weighted by Gasteiger charge is 2.07. The number of hydrogen-bond donors (Lipinski definition) is 1. The first kappa shape index (κ1) is 12.9. The smallest absolute Gasteiger partial charge is 0.272 e. The first-order chi connectivity index (χ1) is 9.67. The van der Waals surface area contributed by atoms with E-state index in [4.69, 9.17) is 11.6 Å². The number of fused-ring (bicyclic) bond motifs is 1. The van der Waals surface area contributed by atoms with Crippen molar-refractivity contribution in [3.05, 3.63) is 57.5 Å². The zero-order valence-corrected chi connectivity index (χ0v) is 11.8. The largest absolute Gasteiger partial charge is 0.289 e. The summed E-state index contributed by atoms with van der Waals surface area (Å²) < 4.78 is 1.46. The molecule has 0 spiro atoms. The van der Waals surface area contributed by atoms with Gasteiger partial charge in [0.1, 0.15) is 0 Å². The predicted octanol–water partition coefficient (Wildman–Crippen LogP) is 3.30. The average molecular weight is 288 g/mol. The second-order valence-electron chi connectivity index (χ2n) is 4.71. The normalized spacial score (nSPS) is 11.1. The summed E-state index contributed by atoms with van der Waals surface area (Å²) >= 11 is 5.88. The van der Waals surface area contributed by atoms with E-state index < -0.39 is 0 Å². The molecule has 2 aromatic heterocycles. The fourth-order valence-electron chi connectivity index (χ4n) is 2.20. The number of benzene rings is 1. The zero-order valence-electron chi connectivity index (χ0n) is 11.1. The third kappa shape index (κ3) is 2.34. The lowest BCUT2D eigenvalue weighted by atomic mass is 10.1. The molecule has 0 amide bonds. The molecule has 0 aliphatic carbocycles. The molecule has 20 heavy (non-hydrogen) atoms. The van der Waals surface area contributed by atoms with Crippen molar-refractivity contribution in [1.29, 1.82) is 0 Å². The van der Waals surface area contributed by atoms with Crippen LogP contribution >= 0.6 is 11.6 Å². The molecule has 0 aliphatic heterocycles. The molecule has 0 atom stereocenters. The molecular formula is C15H14ClN3O. The number of aryl methyl sites for hydroxylation is 1. The summed E-state index contributed by atoms with van der Waals surface area (Å²) in [5.74, 6) is 0. The molecule has 1 N–H and O–H groups in total. The van der Waals surface area contributed by atoms with Crippen LogP contribution in [-0.2, 0) is 6.42 Å². The van der Waals surface area contributed by atoms with Gasteiger partial charge >= 0.3 is 0 Å². The average Bonchev–Trinajstić information content (AvgIpc) is 2.84. The number of hydrogen-bond acceptors (Lipinski definition) is 2. The minimum atomic E-state index is -0.0846. The number of aromatic amines is 1. The summed E-state index contributed by atoms with van der Waals surface area (Å²) in [5.41, 5.74) is 3.21. The van der Waals surface area contributed by atoms with Crippen LogP contribution in [0.1, 0.15) is 19.0 Å². The summed E-state index contributed by atoms with van der Waals surface area (Å²) in [7, 11) is 0. The van der Waals surface area contributed by atoms with Crippen LogP contribution < -0.4 is 5.56 Å². The molecule has 0 radical (unpaired) electrons. The standard InChI is InChI=1S/C15H14ClN3O/c1-2-3-12-8-15(20)19-14(17-12)9-13(18-19)10-4-6-11(16)7-5-10/h4-9,18H,2-3H2,1H3. The summed E-state index contributed by atoms with van der Waals surface area (Å²) in [5, 5.41) is 3.75. The second-order valence-corrected chi connectivity index (χ2v) is 5.14. The first-order valence-corrected chi connectivity index (χ1v) is 6.93. The van der Waals surface area contributed by atoms with Gasteiger partial charge in [-0.25, -0.2) is 9.50 Å². The van der Waals surface area contributed by atoms with Crippen LogP contribution in [0, 0.1) is 0 Å². The summed E-state index contributed by atoms with van der Waals surface area (Å²) in [6.07, 6.45) is 1.78. The van der Waals surface area contributed by atoms with Crippen molar-refractivity contribution in [1.82, 2.24) is 14.6 Å². The molecule has 0 saturated heterocycles. The van der Waals surface area contributed by atoms with Gasteiger partial charge in [0.15, 0.2) is 5.65 Å². The number of rotatable bonds is 3. The van der Waals surface area contributed by atoms with Crippen LogP contribution in [0.3, 0.4) is 0 Å². The van der Waals surface area contributed by atoms with Gasteiger partial charge in [0, 0.05) is 22.8 Å². The highest BCUT2D eigenvalue weighted by molar-refractivity contribution is 6.30. The van der Waals surface area contributed by atoms with E-state index in [-0.39, 0.29) is 5.56 Å². The molecule has 3 rings (SSSR count). The van der Waals surface area contributed by atoms with Crippen molar-refractivity contribution in [2.45, 2.75) is 19.8 Å². The Morgan fingerprint density at radius 1 is 1.25 bits per heavy atom. The highest BCUT2D eigenvalue weighted by Crippen LogP contribution is 2.20. The van der Waals surface area contributed by atoms with Crippen LogP contribution in [-0.4, -0.2) is 14.6 Å². The Morgan fingerprint density at radius 2 is 2.00 bits per heavy atom. The summed E-state index contributed by atoms with van der Waals surface area (Å²) in [6.45, 7) is 2.07. The lowest BCUT2D eigenvalue weighted by molar-refractivity contribution is 0.841. The van der Waals surface area contributed by atoms with Gasteiger partial charge in [-0.1, -0.05) is 37.1 Å². The van der Waals surface area contributed by atoms with Gasteiger partial charge < -0.3 is 0 Å². The first-order valence-electron chi connectivity index (χ1n) is 6.55. The van der Waals surface area contributed by atoms with E-state index in [1.807, 2.05) is 30.3 Å². The topological polar surface area (TPSA) is 50.2 Å². The molecule has 1 aromatic carbocycles. The molecule has 102 valence electrons. The number of H-pyrrole nitrogens is 1. The molecule has 3 aromatic rings. The van der Waals surface area contributed by atoms with E-state index in [2.05, 4.69) is 17.0 Å². The summed E-state index contributed by atoms with van der Waals surface area (Å²) in [6, 6.07) is 10.9. The van der Waals surface area contributed by atoms with Crippen molar-refractivity contribution >= 4 is 17.2 Å². The molecule has 0 unspecified atom stereocenters. The Bertz CT molecular complexity index is 802. The third-order valence-corrected chi connectivity index (χ3v) is 3.42. The van der Waals surface area contributed by atoms with E-state index in [1.54, 1.807) is 6.07 Å². The molecule has 4 nitrogen and oxygen atoms in total. The fraction of sp³-hybridized carbons (Fsp3) is 0.200. The van der Waals surface area contributed by atoms with Crippen molar-refractivity contribution in [2.24, 2.45) is 0 Å². The lowest BCUT2D eigenvalue weighted by Gasteiger charge is -1.98. The third-order valence-electron chi connectivity index (χ3n) is 3.16. The van der Waals surface area contributed by atoms with Gasteiger partial charge in [0.25, 0.3) is 5.56 Å². The highest BCUT2D eigenvalue weighted by atomic mass is 35.5. The van der Waals surface area contributed by atoms with Crippen LogP contribution in [0.15, 0.2) is 41.2 Å². The van der Waals surface area contributed by atoms with Crippen LogP contribution in [0.25, 0.3) is 16.9 Å². The van der Waals surface area contributed by atoms with E-state index in [0.717, 1.165) is 29.8 Å². The summed E-state index contributed by atoms with van der Waals surface area (Å²) in [4.78, 5) is 16.5. The van der Waals surface area contributed by atoms with E-state index in [9.17, 15) is 4.79 Å². The van der Waals surface area contributed by atoms with Gasteiger partial charge in [0.05, 0.1) is 5.69 Å². The minimum Gasteiger partial charge on any atom is -0.289 e. The van der Waals surface area contributed by atoms with Crippen molar-refractivity contribution in [2.75, 3.05) is 0 Å². The number of halogens is 1. The maximum absolute atomic E-state index is 12.0. The SMILES string of the molecule is CCCc1cc(=O)n2[nH]c(-c3ccc(Cl)cc3)cc2n1. The maximum atomic E-state index is 12.0. The van der Waals surface area contributed by atoms with Gasteiger partial charge in [-0.2, -0.15) is 0 Å². The van der Waals surface area contributed by atoms with Crippen molar-refractivity contribution < 1.29 is 0 Å². The fourth-order valence-corrected chi connectivity index (χ4v) is 2.33. The molecular weight excluding hydrogens is 274 g/mol. The molecule has 0 saturated carbocycles. The van der Waals surface area contributed by atoms with Crippen molar-refractivity contribution in [3.8, 4) is 11.3 Å². The van der Waals surface area contributed by atoms with E-state index >= 15 is 0 Å². The van der Waals surface area contributed by atoms with Crippen LogP contribution in [0.4, 0.5) is 0 Å². The predicted molar refractivity (Wildman–Crippen MR) is 80.3 cm³/mol. The Hall–Kier alpha value is -2.07. The van der Waals surface area contributed by atoms with E-state index in [1.165, 1.54) is 4.52 Å². The Labute approximate surface area is 121 Å². The monoisotopic (exact) mass is 287 g/mol. The van der Waals surface area contributed by atoms with Crippen molar-refractivity contribution in [3.63, 3.8) is 0 Å².